The van der Waals surface area contributed by atoms with Crippen LogP contribution < -0.4 is 4.90 Å². The number of piperazine rings is 1. The van der Waals surface area contributed by atoms with Gasteiger partial charge in [-0.15, -0.1) is 0 Å². The first-order valence-corrected chi connectivity index (χ1v) is 11.0. The van der Waals surface area contributed by atoms with Crippen molar-refractivity contribution in [2.75, 3.05) is 36.8 Å². The zero-order valence-corrected chi connectivity index (χ0v) is 17.1. The van der Waals surface area contributed by atoms with Gasteiger partial charge in [0, 0.05) is 31.7 Å². The molecule has 3 heterocycles. The first kappa shape index (κ1) is 19.5. The summed E-state index contributed by atoms with van der Waals surface area (Å²) in [6.07, 6.45) is 1.69. The highest BCUT2D eigenvalue weighted by atomic mass is 32.2. The quantitative estimate of drug-likeness (QED) is 0.624. The molecule has 0 spiro atoms. The SMILES string of the molecule is CCS(=O)(=O)N1CCN(c2cnc(C)c(-c3nc(-c4ccccc4)no3)n2)CC1. The summed E-state index contributed by atoms with van der Waals surface area (Å²) in [5, 5.41) is 4.05. The molecular weight excluding hydrogens is 392 g/mol. The standard InChI is InChI=1S/C19H22N6O3S/c1-3-29(26,27)25-11-9-24(10-12-25)16-13-20-14(2)17(21-16)19-22-18(23-28-19)15-7-5-4-6-8-15/h4-8,13H,3,9-12H2,1-2H3. The van der Waals surface area contributed by atoms with Crippen molar-refractivity contribution >= 4 is 15.8 Å². The second-order valence-electron chi connectivity index (χ2n) is 6.74. The first-order chi connectivity index (χ1) is 14.0. The lowest BCUT2D eigenvalue weighted by Crippen LogP contribution is -2.49. The monoisotopic (exact) mass is 414 g/mol. The molecule has 4 rings (SSSR count). The second-order valence-corrected chi connectivity index (χ2v) is 9.00. The third kappa shape index (κ3) is 3.99. The van der Waals surface area contributed by atoms with E-state index in [1.165, 1.54) is 4.31 Å². The molecule has 0 unspecified atom stereocenters. The fourth-order valence-corrected chi connectivity index (χ4v) is 4.28. The van der Waals surface area contributed by atoms with Crippen LogP contribution in [0.25, 0.3) is 23.0 Å². The predicted molar refractivity (Wildman–Crippen MR) is 109 cm³/mol. The van der Waals surface area contributed by atoms with Gasteiger partial charge >= 0.3 is 0 Å². The van der Waals surface area contributed by atoms with Crippen molar-refractivity contribution in [3.05, 3.63) is 42.2 Å². The van der Waals surface area contributed by atoms with Crippen LogP contribution in [0.1, 0.15) is 12.6 Å². The Bertz CT molecular complexity index is 1090. The maximum Gasteiger partial charge on any atom is 0.278 e. The minimum atomic E-state index is -3.17. The Morgan fingerprint density at radius 3 is 2.48 bits per heavy atom. The van der Waals surface area contributed by atoms with Gasteiger partial charge in [-0.05, 0) is 13.8 Å². The summed E-state index contributed by atoms with van der Waals surface area (Å²) in [5.74, 6) is 1.58. The van der Waals surface area contributed by atoms with Gasteiger partial charge in [-0.2, -0.15) is 9.29 Å². The zero-order valence-electron chi connectivity index (χ0n) is 16.3. The van der Waals surface area contributed by atoms with E-state index in [-0.39, 0.29) is 5.75 Å². The summed E-state index contributed by atoms with van der Waals surface area (Å²) in [6, 6.07) is 9.57. The summed E-state index contributed by atoms with van der Waals surface area (Å²) in [4.78, 5) is 15.6. The van der Waals surface area contributed by atoms with E-state index in [0.717, 1.165) is 5.56 Å². The van der Waals surface area contributed by atoms with Crippen LogP contribution in [0.2, 0.25) is 0 Å². The molecule has 0 aliphatic carbocycles. The summed E-state index contributed by atoms with van der Waals surface area (Å²) < 4.78 is 31.1. The minimum absolute atomic E-state index is 0.113. The minimum Gasteiger partial charge on any atom is -0.353 e. The lowest BCUT2D eigenvalue weighted by Gasteiger charge is -2.34. The number of anilines is 1. The molecule has 0 atom stereocenters. The van der Waals surface area contributed by atoms with Crippen molar-refractivity contribution in [3.63, 3.8) is 0 Å². The molecule has 0 bridgehead atoms. The predicted octanol–water partition coefficient (Wildman–Crippen LogP) is 1.97. The van der Waals surface area contributed by atoms with E-state index in [2.05, 4.69) is 20.1 Å². The Hall–Kier alpha value is -2.85. The number of sulfonamides is 1. The van der Waals surface area contributed by atoms with Crippen LogP contribution in [-0.2, 0) is 10.0 Å². The molecule has 1 aliphatic rings. The maximum absolute atomic E-state index is 12.1. The van der Waals surface area contributed by atoms with Gasteiger partial charge in [0.15, 0.2) is 5.69 Å². The van der Waals surface area contributed by atoms with Gasteiger partial charge in [-0.25, -0.2) is 13.4 Å². The Morgan fingerprint density at radius 2 is 1.79 bits per heavy atom. The molecule has 0 saturated carbocycles. The average Bonchev–Trinajstić information content (AvgIpc) is 3.25. The number of rotatable bonds is 5. The van der Waals surface area contributed by atoms with Crippen LogP contribution in [0.5, 0.6) is 0 Å². The molecule has 1 aromatic carbocycles. The molecule has 152 valence electrons. The highest BCUT2D eigenvalue weighted by Crippen LogP contribution is 2.25. The Balaban J connectivity index is 1.56. The fourth-order valence-electron chi connectivity index (χ4n) is 3.20. The molecule has 1 fully saturated rings. The molecule has 0 amide bonds. The highest BCUT2D eigenvalue weighted by molar-refractivity contribution is 7.89. The van der Waals surface area contributed by atoms with Gasteiger partial charge in [-0.1, -0.05) is 35.5 Å². The van der Waals surface area contributed by atoms with Crippen LogP contribution in [0, 0.1) is 6.92 Å². The van der Waals surface area contributed by atoms with Crippen molar-refractivity contribution in [1.29, 1.82) is 0 Å². The Labute approximate surface area is 169 Å². The van der Waals surface area contributed by atoms with Crippen LogP contribution in [0.4, 0.5) is 5.82 Å². The van der Waals surface area contributed by atoms with Gasteiger partial charge in [0.2, 0.25) is 15.8 Å². The number of aromatic nitrogens is 4. The normalized spacial score (nSPS) is 15.6. The van der Waals surface area contributed by atoms with E-state index in [1.54, 1.807) is 13.1 Å². The number of benzene rings is 1. The van der Waals surface area contributed by atoms with Crippen molar-refractivity contribution < 1.29 is 12.9 Å². The number of hydrogen-bond donors (Lipinski definition) is 0. The van der Waals surface area contributed by atoms with E-state index in [1.807, 2.05) is 42.2 Å². The Kier molecular flexibility index (Phi) is 5.29. The lowest BCUT2D eigenvalue weighted by atomic mass is 10.2. The van der Waals surface area contributed by atoms with Crippen LogP contribution in [-0.4, -0.2) is 64.8 Å². The molecule has 2 aromatic heterocycles. The van der Waals surface area contributed by atoms with Gasteiger partial charge in [0.25, 0.3) is 5.89 Å². The van der Waals surface area contributed by atoms with Crippen molar-refractivity contribution in [3.8, 4) is 23.0 Å². The number of nitrogens with zero attached hydrogens (tertiary/aromatic N) is 6. The summed E-state index contributed by atoms with van der Waals surface area (Å²) in [5.41, 5.74) is 2.07. The summed E-state index contributed by atoms with van der Waals surface area (Å²) in [7, 11) is -3.17. The average molecular weight is 414 g/mol. The number of aryl methyl sites for hydroxylation is 1. The van der Waals surface area contributed by atoms with Gasteiger partial charge in [-0.3, -0.25) is 4.98 Å². The molecule has 1 saturated heterocycles. The van der Waals surface area contributed by atoms with Gasteiger partial charge < -0.3 is 9.42 Å². The molecule has 0 radical (unpaired) electrons. The topological polar surface area (TPSA) is 105 Å². The third-order valence-corrected chi connectivity index (χ3v) is 6.81. The van der Waals surface area contributed by atoms with Crippen molar-refractivity contribution in [2.45, 2.75) is 13.8 Å². The largest absolute Gasteiger partial charge is 0.353 e. The van der Waals surface area contributed by atoms with Crippen LogP contribution >= 0.6 is 0 Å². The van der Waals surface area contributed by atoms with E-state index >= 15 is 0 Å². The summed E-state index contributed by atoms with van der Waals surface area (Å²) in [6.45, 7) is 5.46. The Morgan fingerprint density at radius 1 is 1.07 bits per heavy atom. The number of hydrogen-bond acceptors (Lipinski definition) is 8. The molecular formula is C19H22N6O3S. The third-order valence-electron chi connectivity index (χ3n) is 4.92. The lowest BCUT2D eigenvalue weighted by molar-refractivity contribution is 0.384. The van der Waals surface area contributed by atoms with Crippen LogP contribution in [0.15, 0.2) is 41.1 Å². The summed E-state index contributed by atoms with van der Waals surface area (Å²) >= 11 is 0. The molecule has 10 heteroatoms. The first-order valence-electron chi connectivity index (χ1n) is 9.44. The van der Waals surface area contributed by atoms with E-state index in [4.69, 9.17) is 4.52 Å². The molecule has 9 nitrogen and oxygen atoms in total. The van der Waals surface area contributed by atoms with Crippen molar-refractivity contribution in [2.24, 2.45) is 0 Å². The zero-order chi connectivity index (χ0) is 20.4. The molecule has 0 N–H and O–H groups in total. The van der Waals surface area contributed by atoms with E-state index in [0.29, 0.717) is 55.1 Å². The second kappa shape index (κ2) is 7.88. The van der Waals surface area contributed by atoms with Gasteiger partial charge in [0.05, 0.1) is 17.6 Å². The van der Waals surface area contributed by atoms with Crippen LogP contribution in [0.3, 0.4) is 0 Å². The van der Waals surface area contributed by atoms with Crippen molar-refractivity contribution in [1.82, 2.24) is 24.4 Å². The highest BCUT2D eigenvalue weighted by Gasteiger charge is 2.27. The molecule has 29 heavy (non-hydrogen) atoms. The molecule has 3 aromatic rings. The fraction of sp³-hybridized carbons (Fsp3) is 0.368. The van der Waals surface area contributed by atoms with Gasteiger partial charge in [0.1, 0.15) is 5.82 Å². The van der Waals surface area contributed by atoms with E-state index < -0.39 is 10.0 Å². The molecule has 1 aliphatic heterocycles. The van der Waals surface area contributed by atoms with E-state index in [9.17, 15) is 8.42 Å². The smallest absolute Gasteiger partial charge is 0.278 e. The maximum atomic E-state index is 12.1.